The van der Waals surface area contributed by atoms with Gasteiger partial charge >= 0.3 is 0 Å². The van der Waals surface area contributed by atoms with E-state index >= 15 is 0 Å². The fourth-order valence-corrected chi connectivity index (χ4v) is 1.97. The SMILES string of the molecule is Fc1ccc(C2CCCC=CN2)cc1Cl. The van der Waals surface area contributed by atoms with E-state index in [-0.39, 0.29) is 16.9 Å². The summed E-state index contributed by atoms with van der Waals surface area (Å²) in [6.07, 6.45) is 7.37. The Hall–Kier alpha value is -1.02. The minimum absolute atomic E-state index is 0.197. The Labute approximate surface area is 93.9 Å². The van der Waals surface area contributed by atoms with Crippen LogP contribution in [0.3, 0.4) is 0 Å². The third-order valence-electron chi connectivity index (χ3n) is 2.62. The molecule has 0 saturated carbocycles. The molecule has 0 fully saturated rings. The van der Waals surface area contributed by atoms with Crippen molar-refractivity contribution >= 4 is 11.6 Å². The molecule has 1 atom stereocenters. The molecule has 0 amide bonds. The molecular formula is C12H13ClFN. The topological polar surface area (TPSA) is 12.0 Å². The standard InChI is InChI=1S/C12H13ClFN/c13-10-8-9(5-6-11(10)14)12-4-2-1-3-7-15-12/h3,5-8,12,15H,1-2,4H2. The van der Waals surface area contributed by atoms with E-state index in [1.165, 1.54) is 6.07 Å². The van der Waals surface area contributed by atoms with Crippen molar-refractivity contribution < 1.29 is 4.39 Å². The number of benzene rings is 1. The zero-order valence-corrected chi connectivity index (χ0v) is 9.10. The lowest BCUT2D eigenvalue weighted by molar-refractivity contribution is 0.562. The molecule has 1 nitrogen and oxygen atoms in total. The second kappa shape index (κ2) is 4.67. The van der Waals surface area contributed by atoms with Crippen LogP contribution < -0.4 is 5.32 Å². The van der Waals surface area contributed by atoms with Crippen LogP contribution in [0.1, 0.15) is 30.9 Å². The molecule has 1 unspecified atom stereocenters. The van der Waals surface area contributed by atoms with Crippen LogP contribution in [0.5, 0.6) is 0 Å². The fourth-order valence-electron chi connectivity index (χ4n) is 1.78. The van der Waals surface area contributed by atoms with Crippen molar-refractivity contribution in [1.29, 1.82) is 0 Å². The van der Waals surface area contributed by atoms with Crippen molar-refractivity contribution in [3.8, 4) is 0 Å². The summed E-state index contributed by atoms with van der Waals surface area (Å²) in [5.41, 5.74) is 1.05. The van der Waals surface area contributed by atoms with Crippen molar-refractivity contribution in [2.24, 2.45) is 0 Å². The van der Waals surface area contributed by atoms with Gasteiger partial charge in [0.1, 0.15) is 5.82 Å². The highest BCUT2D eigenvalue weighted by Gasteiger charge is 2.12. The number of halogens is 2. The average Bonchev–Trinajstić information content (AvgIpc) is 2.50. The number of hydrogen-bond donors (Lipinski definition) is 1. The molecule has 3 heteroatoms. The van der Waals surface area contributed by atoms with E-state index in [2.05, 4.69) is 11.4 Å². The summed E-state index contributed by atoms with van der Waals surface area (Å²) in [7, 11) is 0. The second-order valence-corrected chi connectivity index (χ2v) is 4.13. The fraction of sp³-hybridized carbons (Fsp3) is 0.333. The van der Waals surface area contributed by atoms with E-state index in [0.29, 0.717) is 0 Å². The summed E-state index contributed by atoms with van der Waals surface area (Å²) in [4.78, 5) is 0. The number of hydrogen-bond acceptors (Lipinski definition) is 1. The molecule has 0 radical (unpaired) electrons. The lowest BCUT2D eigenvalue weighted by Gasteiger charge is -2.16. The molecule has 2 rings (SSSR count). The molecule has 0 aromatic heterocycles. The van der Waals surface area contributed by atoms with Gasteiger partial charge in [-0.2, -0.15) is 0 Å². The Morgan fingerprint density at radius 2 is 2.27 bits per heavy atom. The predicted octanol–water partition coefficient (Wildman–Crippen LogP) is 3.81. The molecule has 80 valence electrons. The summed E-state index contributed by atoms with van der Waals surface area (Å²) >= 11 is 5.75. The maximum atomic E-state index is 13.0. The molecule has 0 bridgehead atoms. The molecule has 1 aliphatic heterocycles. The smallest absolute Gasteiger partial charge is 0.141 e. The average molecular weight is 226 g/mol. The van der Waals surface area contributed by atoms with Gasteiger partial charge in [0.05, 0.1) is 11.1 Å². The quantitative estimate of drug-likeness (QED) is 0.767. The van der Waals surface area contributed by atoms with E-state index in [1.54, 1.807) is 12.1 Å². The van der Waals surface area contributed by atoms with Crippen LogP contribution in [0, 0.1) is 5.82 Å². The van der Waals surface area contributed by atoms with Crippen LogP contribution in [-0.2, 0) is 0 Å². The molecule has 1 aromatic carbocycles. The van der Waals surface area contributed by atoms with Gasteiger partial charge in [-0.1, -0.05) is 23.7 Å². The van der Waals surface area contributed by atoms with Crippen molar-refractivity contribution in [2.45, 2.75) is 25.3 Å². The highest BCUT2D eigenvalue weighted by atomic mass is 35.5. The van der Waals surface area contributed by atoms with Crippen molar-refractivity contribution in [2.75, 3.05) is 0 Å². The summed E-state index contributed by atoms with van der Waals surface area (Å²) in [5, 5.41) is 3.48. The van der Waals surface area contributed by atoms with Crippen molar-refractivity contribution in [3.63, 3.8) is 0 Å². The van der Waals surface area contributed by atoms with Crippen LogP contribution in [0.2, 0.25) is 5.02 Å². The molecule has 1 aliphatic rings. The minimum Gasteiger partial charge on any atom is -0.384 e. The number of nitrogens with one attached hydrogen (secondary N) is 1. The summed E-state index contributed by atoms with van der Waals surface area (Å²) in [6, 6.07) is 5.17. The lowest BCUT2D eigenvalue weighted by atomic mass is 10.0. The van der Waals surface area contributed by atoms with Gasteiger partial charge < -0.3 is 5.32 Å². The van der Waals surface area contributed by atoms with Gasteiger partial charge in [0, 0.05) is 0 Å². The van der Waals surface area contributed by atoms with E-state index in [9.17, 15) is 4.39 Å². The number of allylic oxidation sites excluding steroid dienone is 1. The highest BCUT2D eigenvalue weighted by Crippen LogP contribution is 2.25. The molecule has 1 aromatic rings. The van der Waals surface area contributed by atoms with Gasteiger partial charge in [0.15, 0.2) is 0 Å². The van der Waals surface area contributed by atoms with E-state index in [0.717, 1.165) is 24.8 Å². The maximum absolute atomic E-state index is 13.0. The highest BCUT2D eigenvalue weighted by molar-refractivity contribution is 6.30. The van der Waals surface area contributed by atoms with Gasteiger partial charge in [-0.3, -0.25) is 0 Å². The predicted molar refractivity (Wildman–Crippen MR) is 60.3 cm³/mol. The van der Waals surface area contributed by atoms with Crippen LogP contribution in [0.4, 0.5) is 4.39 Å². The normalized spacial score (nSPS) is 20.8. The number of rotatable bonds is 1. The Morgan fingerprint density at radius 1 is 1.40 bits per heavy atom. The Kier molecular flexibility index (Phi) is 3.27. The van der Waals surface area contributed by atoms with E-state index in [4.69, 9.17) is 11.6 Å². The van der Waals surface area contributed by atoms with Gasteiger partial charge in [-0.25, -0.2) is 4.39 Å². The second-order valence-electron chi connectivity index (χ2n) is 3.73. The molecule has 15 heavy (non-hydrogen) atoms. The third-order valence-corrected chi connectivity index (χ3v) is 2.91. The van der Waals surface area contributed by atoms with Crippen LogP contribution in [-0.4, -0.2) is 0 Å². The zero-order valence-electron chi connectivity index (χ0n) is 8.34. The first-order valence-corrected chi connectivity index (χ1v) is 5.51. The zero-order chi connectivity index (χ0) is 10.7. The first kappa shape index (κ1) is 10.5. The van der Waals surface area contributed by atoms with Crippen LogP contribution in [0.15, 0.2) is 30.5 Å². The van der Waals surface area contributed by atoms with E-state index in [1.807, 2.05) is 6.20 Å². The summed E-state index contributed by atoms with van der Waals surface area (Å²) in [6.45, 7) is 0. The molecular weight excluding hydrogens is 213 g/mol. The van der Waals surface area contributed by atoms with Gasteiger partial charge in [0.25, 0.3) is 0 Å². The lowest BCUT2D eigenvalue weighted by Crippen LogP contribution is -2.14. The Balaban J connectivity index is 2.20. The van der Waals surface area contributed by atoms with E-state index < -0.39 is 0 Å². The minimum atomic E-state index is -0.357. The summed E-state index contributed by atoms with van der Waals surface area (Å²) in [5.74, 6) is -0.357. The molecule has 0 spiro atoms. The van der Waals surface area contributed by atoms with Gasteiger partial charge in [0.2, 0.25) is 0 Å². The summed E-state index contributed by atoms with van der Waals surface area (Å²) < 4.78 is 13.0. The Morgan fingerprint density at radius 3 is 3.07 bits per heavy atom. The van der Waals surface area contributed by atoms with Crippen molar-refractivity contribution in [1.82, 2.24) is 5.32 Å². The van der Waals surface area contributed by atoms with Crippen molar-refractivity contribution in [3.05, 3.63) is 46.9 Å². The monoisotopic (exact) mass is 225 g/mol. The molecule has 1 N–H and O–H groups in total. The Bertz CT molecular complexity index is 376. The first-order chi connectivity index (χ1) is 7.27. The van der Waals surface area contributed by atoms with Crippen LogP contribution >= 0.6 is 11.6 Å². The largest absolute Gasteiger partial charge is 0.384 e. The third kappa shape index (κ3) is 2.51. The first-order valence-electron chi connectivity index (χ1n) is 5.13. The molecule has 0 saturated heterocycles. The molecule has 1 heterocycles. The van der Waals surface area contributed by atoms with Gasteiger partial charge in [-0.15, -0.1) is 0 Å². The van der Waals surface area contributed by atoms with Crippen LogP contribution in [0.25, 0.3) is 0 Å². The maximum Gasteiger partial charge on any atom is 0.141 e. The molecule has 0 aliphatic carbocycles. The van der Waals surface area contributed by atoms with Gasteiger partial charge in [-0.05, 0) is 43.2 Å².